The Morgan fingerprint density at radius 1 is 1.20 bits per heavy atom. The quantitative estimate of drug-likeness (QED) is 0.444. The number of likely N-dealkylation sites (N-methyl/N-ethyl adjacent to an activating group) is 2. The molecule has 1 unspecified atom stereocenters. The number of rotatable bonds is 9. The molecule has 3 N–H and O–H groups in total. The first-order chi connectivity index (χ1) is 11.8. The van der Waals surface area contributed by atoms with Crippen molar-refractivity contribution in [2.75, 3.05) is 26.2 Å². The van der Waals surface area contributed by atoms with Gasteiger partial charge in [0.25, 0.3) is 5.91 Å². The smallest absolute Gasteiger partial charge is 0.340 e. The second-order valence-corrected chi connectivity index (χ2v) is 6.07. The number of carbonyl (C=O) groups excluding carboxylic acids is 3. The highest BCUT2D eigenvalue weighted by Gasteiger charge is 2.31. The Morgan fingerprint density at radius 2 is 1.84 bits per heavy atom. The maximum atomic E-state index is 12.9. The molecule has 1 aromatic rings. The maximum absolute atomic E-state index is 12.9. The molecule has 0 bridgehead atoms. The minimum absolute atomic E-state index is 0.0781. The summed E-state index contributed by atoms with van der Waals surface area (Å²) in [5, 5.41) is 2.76. The standard InChI is InChI=1S/C18H29N3O4/c1-7-19-14(22)10-21(8-2)13(6)17(23)16-11(4)15(12(5)20-16)18(24)25-9-3/h13,20H,7-10H2,1-6H3,(H,19,22)/p+1/t13-/m1/s1. The van der Waals surface area contributed by atoms with Gasteiger partial charge < -0.3 is 19.9 Å². The highest BCUT2D eigenvalue weighted by atomic mass is 16.5. The van der Waals surface area contributed by atoms with Crippen molar-refractivity contribution in [2.24, 2.45) is 0 Å². The molecule has 7 nitrogen and oxygen atoms in total. The second-order valence-electron chi connectivity index (χ2n) is 6.07. The van der Waals surface area contributed by atoms with Gasteiger partial charge in [-0.25, -0.2) is 4.79 Å². The number of hydrogen-bond donors (Lipinski definition) is 3. The number of nitrogens with one attached hydrogen (secondary N) is 3. The van der Waals surface area contributed by atoms with Gasteiger partial charge in [-0.1, -0.05) is 0 Å². The zero-order chi connectivity index (χ0) is 19.1. The van der Waals surface area contributed by atoms with E-state index >= 15 is 0 Å². The molecule has 0 aliphatic rings. The van der Waals surface area contributed by atoms with Crippen LogP contribution in [0, 0.1) is 13.8 Å². The lowest BCUT2D eigenvalue weighted by Gasteiger charge is -2.23. The van der Waals surface area contributed by atoms with Crippen molar-refractivity contribution < 1.29 is 24.0 Å². The predicted molar refractivity (Wildman–Crippen MR) is 95.1 cm³/mol. The summed E-state index contributed by atoms with van der Waals surface area (Å²) in [6.07, 6.45) is 0. The third kappa shape index (κ3) is 4.92. The number of carbonyl (C=O) groups is 3. The molecule has 1 rings (SSSR count). The Bertz CT molecular complexity index is 637. The van der Waals surface area contributed by atoms with Gasteiger partial charge in [-0.15, -0.1) is 0 Å². The van der Waals surface area contributed by atoms with Gasteiger partial charge >= 0.3 is 5.97 Å². The van der Waals surface area contributed by atoms with Gasteiger partial charge in [-0.2, -0.15) is 0 Å². The van der Waals surface area contributed by atoms with E-state index in [0.717, 1.165) is 4.90 Å². The molecule has 0 aliphatic carbocycles. The third-order valence-corrected chi connectivity index (χ3v) is 4.38. The molecule has 1 heterocycles. The van der Waals surface area contributed by atoms with Crippen LogP contribution in [0.2, 0.25) is 0 Å². The van der Waals surface area contributed by atoms with Crippen LogP contribution >= 0.6 is 0 Å². The Balaban J connectivity index is 3.03. The molecule has 0 aromatic carbocycles. The number of ether oxygens (including phenoxy) is 1. The van der Waals surface area contributed by atoms with Crippen LogP contribution in [0.15, 0.2) is 0 Å². The average molecular weight is 352 g/mol. The predicted octanol–water partition coefficient (Wildman–Crippen LogP) is 0.420. The van der Waals surface area contributed by atoms with E-state index in [2.05, 4.69) is 10.3 Å². The summed E-state index contributed by atoms with van der Waals surface area (Å²) in [5.41, 5.74) is 2.05. The van der Waals surface area contributed by atoms with E-state index in [1.807, 2.05) is 13.8 Å². The van der Waals surface area contributed by atoms with Crippen LogP contribution in [-0.4, -0.2) is 54.9 Å². The monoisotopic (exact) mass is 352 g/mol. The number of hydrogen-bond acceptors (Lipinski definition) is 4. The Kier molecular flexibility index (Phi) is 7.83. The van der Waals surface area contributed by atoms with Gasteiger partial charge in [-0.3, -0.25) is 9.59 Å². The van der Waals surface area contributed by atoms with Crippen molar-refractivity contribution in [1.29, 1.82) is 0 Å². The molecule has 7 heteroatoms. The van der Waals surface area contributed by atoms with Crippen molar-refractivity contribution in [3.05, 3.63) is 22.5 Å². The van der Waals surface area contributed by atoms with E-state index in [9.17, 15) is 14.4 Å². The molecular weight excluding hydrogens is 322 g/mol. The number of quaternary nitrogens is 1. The third-order valence-electron chi connectivity index (χ3n) is 4.38. The molecule has 0 saturated carbocycles. The number of aromatic nitrogens is 1. The maximum Gasteiger partial charge on any atom is 0.340 e. The molecule has 0 spiro atoms. The number of esters is 1. The molecule has 0 radical (unpaired) electrons. The average Bonchev–Trinajstić information content (AvgIpc) is 2.86. The van der Waals surface area contributed by atoms with E-state index in [0.29, 0.717) is 35.6 Å². The molecule has 0 saturated heterocycles. The first-order valence-electron chi connectivity index (χ1n) is 8.80. The van der Waals surface area contributed by atoms with E-state index in [1.54, 1.807) is 27.7 Å². The van der Waals surface area contributed by atoms with Crippen molar-refractivity contribution in [2.45, 2.75) is 47.6 Å². The molecule has 25 heavy (non-hydrogen) atoms. The molecule has 2 atom stereocenters. The first-order valence-corrected chi connectivity index (χ1v) is 8.80. The summed E-state index contributed by atoms with van der Waals surface area (Å²) < 4.78 is 5.06. The van der Waals surface area contributed by atoms with Gasteiger partial charge in [0.05, 0.1) is 24.4 Å². The SMILES string of the molecule is CCNC(=O)C[NH+](CC)[C@H](C)C(=O)c1[nH]c(C)c(C(=O)OCC)c1C. The number of amides is 1. The van der Waals surface area contributed by atoms with Crippen LogP contribution in [-0.2, 0) is 9.53 Å². The van der Waals surface area contributed by atoms with Gasteiger partial charge in [0, 0.05) is 12.2 Å². The lowest BCUT2D eigenvalue weighted by molar-refractivity contribution is -0.903. The zero-order valence-corrected chi connectivity index (χ0v) is 16.0. The van der Waals surface area contributed by atoms with Crippen LogP contribution in [0.5, 0.6) is 0 Å². The number of ketones is 1. The van der Waals surface area contributed by atoms with Crippen molar-refractivity contribution in [1.82, 2.24) is 10.3 Å². The number of H-pyrrole nitrogens is 1. The summed E-state index contributed by atoms with van der Waals surface area (Å²) in [6.45, 7) is 12.6. The van der Waals surface area contributed by atoms with Crippen LogP contribution in [0.25, 0.3) is 0 Å². The largest absolute Gasteiger partial charge is 0.462 e. The highest BCUT2D eigenvalue weighted by Crippen LogP contribution is 2.20. The van der Waals surface area contributed by atoms with E-state index in [4.69, 9.17) is 4.74 Å². The highest BCUT2D eigenvalue weighted by molar-refractivity contribution is 6.03. The lowest BCUT2D eigenvalue weighted by Crippen LogP contribution is -3.17. The summed E-state index contributed by atoms with van der Waals surface area (Å²) in [7, 11) is 0. The van der Waals surface area contributed by atoms with E-state index < -0.39 is 12.0 Å². The van der Waals surface area contributed by atoms with E-state index in [1.165, 1.54) is 0 Å². The summed E-state index contributed by atoms with van der Waals surface area (Å²) in [6, 6.07) is -0.403. The van der Waals surface area contributed by atoms with E-state index in [-0.39, 0.29) is 24.8 Å². The zero-order valence-electron chi connectivity index (χ0n) is 16.0. The number of aromatic amines is 1. The Morgan fingerprint density at radius 3 is 2.36 bits per heavy atom. The lowest BCUT2D eigenvalue weighted by atomic mass is 10.0. The fraction of sp³-hybridized carbons (Fsp3) is 0.611. The van der Waals surface area contributed by atoms with Crippen LogP contribution in [0.3, 0.4) is 0 Å². The van der Waals surface area contributed by atoms with Crippen LogP contribution in [0.4, 0.5) is 0 Å². The molecule has 0 fully saturated rings. The first kappa shape index (κ1) is 20.9. The van der Waals surface area contributed by atoms with Crippen molar-refractivity contribution in [3.63, 3.8) is 0 Å². The number of Topliss-reactive ketones (excluding diaryl/α,β-unsaturated/α-hetero) is 1. The summed E-state index contributed by atoms with van der Waals surface area (Å²) >= 11 is 0. The minimum atomic E-state index is -0.428. The minimum Gasteiger partial charge on any atom is -0.462 e. The molecular formula is C18H30N3O4+. The number of aryl methyl sites for hydroxylation is 1. The fourth-order valence-corrected chi connectivity index (χ4v) is 2.96. The van der Waals surface area contributed by atoms with Crippen LogP contribution in [0.1, 0.15) is 59.8 Å². The Hall–Kier alpha value is -2.15. The molecule has 1 amide bonds. The van der Waals surface area contributed by atoms with Crippen molar-refractivity contribution >= 4 is 17.7 Å². The fourth-order valence-electron chi connectivity index (χ4n) is 2.96. The van der Waals surface area contributed by atoms with Gasteiger partial charge in [-0.05, 0) is 47.1 Å². The van der Waals surface area contributed by atoms with Gasteiger partial charge in [0.2, 0.25) is 5.78 Å². The topological polar surface area (TPSA) is 92.7 Å². The molecule has 0 aliphatic heterocycles. The molecule has 140 valence electrons. The second kappa shape index (κ2) is 9.36. The normalized spacial score (nSPS) is 13.2. The molecule has 1 aromatic heterocycles. The van der Waals surface area contributed by atoms with Gasteiger partial charge in [0.1, 0.15) is 0 Å². The summed E-state index contributed by atoms with van der Waals surface area (Å²) in [5.74, 6) is -0.620. The van der Waals surface area contributed by atoms with Crippen molar-refractivity contribution in [3.8, 4) is 0 Å². The summed E-state index contributed by atoms with van der Waals surface area (Å²) in [4.78, 5) is 40.8. The van der Waals surface area contributed by atoms with Gasteiger partial charge in [0.15, 0.2) is 12.6 Å². The van der Waals surface area contributed by atoms with Crippen LogP contribution < -0.4 is 10.2 Å². The Labute approximate surface area is 149 Å².